The number of amides is 1. The maximum absolute atomic E-state index is 12.9. The SMILES string of the molecule is CN(C(=O)[C@@H](N)Cc1ccc(O)cc1)[C@H]1CC[C@@](O)(Cn2cnc3c(N)ncnc32)[C@H](O)C1. The number of nitrogens with zero attached hydrogens (tertiary/aromatic N) is 5. The highest BCUT2D eigenvalue weighted by molar-refractivity contribution is 5.82. The normalized spacial score (nSPS) is 24.0. The van der Waals surface area contributed by atoms with Crippen LogP contribution in [0.2, 0.25) is 0 Å². The van der Waals surface area contributed by atoms with E-state index in [-0.39, 0.29) is 42.9 Å². The molecule has 0 bridgehead atoms. The van der Waals surface area contributed by atoms with Crippen molar-refractivity contribution >= 4 is 22.9 Å². The van der Waals surface area contributed by atoms with E-state index in [4.69, 9.17) is 11.5 Å². The Morgan fingerprint density at radius 3 is 2.73 bits per heavy atom. The van der Waals surface area contributed by atoms with Crippen LogP contribution in [0.3, 0.4) is 0 Å². The molecule has 0 saturated heterocycles. The molecule has 1 aromatic carbocycles. The highest BCUT2D eigenvalue weighted by atomic mass is 16.3. The van der Waals surface area contributed by atoms with Gasteiger partial charge in [0.1, 0.15) is 23.2 Å². The van der Waals surface area contributed by atoms with Crippen LogP contribution in [-0.2, 0) is 17.8 Å². The Morgan fingerprint density at radius 2 is 2.03 bits per heavy atom. The van der Waals surface area contributed by atoms with Gasteiger partial charge in [0.15, 0.2) is 11.5 Å². The Labute approximate surface area is 190 Å². The van der Waals surface area contributed by atoms with Gasteiger partial charge in [0, 0.05) is 13.1 Å². The first kappa shape index (κ1) is 22.9. The second-order valence-corrected chi connectivity index (χ2v) is 8.78. The average Bonchev–Trinajstić information content (AvgIpc) is 3.20. The van der Waals surface area contributed by atoms with Gasteiger partial charge in [-0.2, -0.15) is 0 Å². The van der Waals surface area contributed by atoms with Crippen molar-refractivity contribution in [3.8, 4) is 5.75 Å². The number of imidazole rings is 1. The van der Waals surface area contributed by atoms with Crippen LogP contribution in [0.4, 0.5) is 5.82 Å². The van der Waals surface area contributed by atoms with E-state index in [2.05, 4.69) is 15.0 Å². The number of nitrogen functional groups attached to an aromatic ring is 1. The lowest BCUT2D eigenvalue weighted by Gasteiger charge is -2.43. The van der Waals surface area contributed by atoms with Gasteiger partial charge in [0.2, 0.25) is 5.91 Å². The van der Waals surface area contributed by atoms with Crippen LogP contribution in [0.1, 0.15) is 24.8 Å². The van der Waals surface area contributed by atoms with Gasteiger partial charge in [-0.25, -0.2) is 15.0 Å². The number of aliphatic hydroxyl groups excluding tert-OH is 1. The Bertz CT molecular complexity index is 1140. The van der Waals surface area contributed by atoms with E-state index < -0.39 is 17.7 Å². The van der Waals surface area contributed by atoms with E-state index in [1.807, 2.05) is 0 Å². The first-order valence-corrected chi connectivity index (χ1v) is 10.8. The fraction of sp³-hybridized carbons (Fsp3) is 0.455. The Hall–Kier alpha value is -3.28. The van der Waals surface area contributed by atoms with E-state index in [9.17, 15) is 20.1 Å². The summed E-state index contributed by atoms with van der Waals surface area (Å²) >= 11 is 0. The van der Waals surface area contributed by atoms with Crippen molar-refractivity contribution in [2.24, 2.45) is 5.73 Å². The van der Waals surface area contributed by atoms with Crippen molar-refractivity contribution in [3.63, 3.8) is 0 Å². The fourth-order valence-electron chi connectivity index (χ4n) is 4.44. The summed E-state index contributed by atoms with van der Waals surface area (Å²) in [6.45, 7) is 0.0892. The summed E-state index contributed by atoms with van der Waals surface area (Å²) in [7, 11) is 1.67. The molecule has 0 aliphatic heterocycles. The number of phenolic OH excluding ortho intramolecular Hbond substituents is 1. The molecule has 1 saturated carbocycles. The van der Waals surface area contributed by atoms with Gasteiger partial charge in [-0.15, -0.1) is 0 Å². The summed E-state index contributed by atoms with van der Waals surface area (Å²) in [6, 6.07) is 5.56. The van der Waals surface area contributed by atoms with E-state index in [0.717, 1.165) is 5.56 Å². The summed E-state index contributed by atoms with van der Waals surface area (Å²) in [6.07, 6.45) is 3.13. The zero-order chi connectivity index (χ0) is 23.8. The van der Waals surface area contributed by atoms with Crippen molar-refractivity contribution in [2.45, 2.75) is 56.0 Å². The molecule has 176 valence electrons. The van der Waals surface area contributed by atoms with Gasteiger partial charge >= 0.3 is 0 Å². The third kappa shape index (κ3) is 4.61. The topological polar surface area (TPSA) is 177 Å². The van der Waals surface area contributed by atoms with Crippen molar-refractivity contribution in [2.75, 3.05) is 12.8 Å². The van der Waals surface area contributed by atoms with Gasteiger partial charge in [0.25, 0.3) is 0 Å². The Kier molecular flexibility index (Phi) is 6.19. The van der Waals surface area contributed by atoms with Crippen LogP contribution < -0.4 is 11.5 Å². The number of rotatable bonds is 6. The number of likely N-dealkylation sites (N-methyl/N-ethyl adjacent to an activating group) is 1. The summed E-state index contributed by atoms with van der Waals surface area (Å²) in [4.78, 5) is 26.7. The number of aromatic hydroxyl groups is 1. The van der Waals surface area contributed by atoms with Crippen LogP contribution in [0.25, 0.3) is 11.2 Å². The molecule has 2 heterocycles. The molecule has 4 atom stereocenters. The summed E-state index contributed by atoms with van der Waals surface area (Å²) in [5.41, 5.74) is 12.3. The lowest BCUT2D eigenvalue weighted by atomic mass is 9.79. The lowest BCUT2D eigenvalue weighted by molar-refractivity contribution is -0.144. The Morgan fingerprint density at radius 1 is 1.30 bits per heavy atom. The van der Waals surface area contributed by atoms with E-state index in [0.29, 0.717) is 24.0 Å². The number of carbonyl (C=O) groups is 1. The first-order chi connectivity index (χ1) is 15.7. The van der Waals surface area contributed by atoms with Gasteiger partial charge < -0.3 is 36.3 Å². The average molecular weight is 456 g/mol. The van der Waals surface area contributed by atoms with Gasteiger partial charge in [-0.1, -0.05) is 12.1 Å². The maximum Gasteiger partial charge on any atom is 0.239 e. The number of aromatic nitrogens is 4. The van der Waals surface area contributed by atoms with Crippen molar-refractivity contribution < 1.29 is 20.1 Å². The zero-order valence-electron chi connectivity index (χ0n) is 18.4. The van der Waals surface area contributed by atoms with Crippen LogP contribution in [0.5, 0.6) is 5.75 Å². The summed E-state index contributed by atoms with van der Waals surface area (Å²) in [5.74, 6) is 0.163. The highest BCUT2D eigenvalue weighted by Crippen LogP contribution is 2.33. The Balaban J connectivity index is 1.39. The predicted molar refractivity (Wildman–Crippen MR) is 121 cm³/mol. The minimum atomic E-state index is -1.40. The molecule has 33 heavy (non-hydrogen) atoms. The number of carbonyl (C=O) groups excluding carboxylic acids is 1. The number of hydrogen-bond acceptors (Lipinski definition) is 9. The third-order valence-corrected chi connectivity index (χ3v) is 6.50. The van der Waals surface area contributed by atoms with Crippen molar-refractivity contribution in [3.05, 3.63) is 42.5 Å². The van der Waals surface area contributed by atoms with E-state index in [1.165, 1.54) is 12.7 Å². The largest absolute Gasteiger partial charge is 0.508 e. The molecule has 1 aliphatic carbocycles. The molecule has 0 spiro atoms. The van der Waals surface area contributed by atoms with Crippen LogP contribution in [0.15, 0.2) is 36.9 Å². The number of hydrogen-bond donors (Lipinski definition) is 5. The van der Waals surface area contributed by atoms with E-state index in [1.54, 1.807) is 40.8 Å². The van der Waals surface area contributed by atoms with Gasteiger partial charge in [-0.05, 0) is 43.4 Å². The smallest absolute Gasteiger partial charge is 0.239 e. The number of phenols is 1. The van der Waals surface area contributed by atoms with Gasteiger partial charge in [0.05, 0.1) is 25.0 Å². The molecule has 11 heteroatoms. The predicted octanol–water partition coefficient (Wildman–Crippen LogP) is -0.213. The van der Waals surface area contributed by atoms with Crippen LogP contribution >= 0.6 is 0 Å². The number of fused-ring (bicyclic) bond motifs is 1. The molecular weight excluding hydrogens is 426 g/mol. The number of anilines is 1. The quantitative estimate of drug-likeness (QED) is 0.336. The fourth-order valence-corrected chi connectivity index (χ4v) is 4.44. The van der Waals surface area contributed by atoms with E-state index >= 15 is 0 Å². The standard InChI is InChI=1S/C22H29N7O4/c1-28(21(32)16(23)8-13-2-4-15(30)5-3-13)14-6-7-22(33,17(31)9-14)10-29-12-27-18-19(24)25-11-26-20(18)29/h2-5,11-12,14,16-17,30-31,33H,6-10,23H2,1H3,(H2,24,25,26)/t14-,16-,17+,22+/m0/s1. The van der Waals surface area contributed by atoms with Crippen molar-refractivity contribution in [1.29, 1.82) is 0 Å². The molecule has 1 aliphatic rings. The molecule has 2 aromatic heterocycles. The summed E-state index contributed by atoms with van der Waals surface area (Å²) in [5, 5.41) is 31.4. The van der Waals surface area contributed by atoms with Crippen LogP contribution in [-0.4, -0.2) is 76.5 Å². The second-order valence-electron chi connectivity index (χ2n) is 8.78. The molecular formula is C22H29N7O4. The third-order valence-electron chi connectivity index (χ3n) is 6.50. The second kappa shape index (κ2) is 8.93. The van der Waals surface area contributed by atoms with Crippen molar-refractivity contribution in [1.82, 2.24) is 24.4 Å². The number of benzene rings is 1. The number of nitrogens with two attached hydrogens (primary N) is 2. The minimum Gasteiger partial charge on any atom is -0.508 e. The highest BCUT2D eigenvalue weighted by Gasteiger charge is 2.44. The minimum absolute atomic E-state index is 0.0892. The molecule has 7 N–H and O–H groups in total. The molecule has 0 unspecified atom stereocenters. The first-order valence-electron chi connectivity index (χ1n) is 10.8. The zero-order valence-corrected chi connectivity index (χ0v) is 18.4. The molecule has 3 aromatic rings. The molecule has 1 fully saturated rings. The number of aliphatic hydroxyl groups is 2. The van der Waals surface area contributed by atoms with Crippen LogP contribution in [0, 0.1) is 0 Å². The monoisotopic (exact) mass is 455 g/mol. The molecule has 0 radical (unpaired) electrons. The molecule has 4 rings (SSSR count). The maximum atomic E-state index is 12.9. The lowest BCUT2D eigenvalue weighted by Crippen LogP contribution is -2.56. The van der Waals surface area contributed by atoms with Gasteiger partial charge in [-0.3, -0.25) is 4.79 Å². The molecule has 1 amide bonds. The molecule has 11 nitrogen and oxygen atoms in total. The summed E-state index contributed by atoms with van der Waals surface area (Å²) < 4.78 is 1.65.